The molecule has 8 nitrogen and oxygen atoms in total. The van der Waals surface area contributed by atoms with Crippen LogP contribution in [0.1, 0.15) is 17.5 Å². The number of carbonyl (C=O) groups excluding carboxylic acids is 1. The van der Waals surface area contributed by atoms with Crippen LogP contribution in [0.3, 0.4) is 0 Å². The van der Waals surface area contributed by atoms with Crippen molar-refractivity contribution >= 4 is 52.4 Å². The number of furan rings is 1. The van der Waals surface area contributed by atoms with E-state index in [1.807, 2.05) is 6.92 Å². The predicted molar refractivity (Wildman–Crippen MR) is 101 cm³/mol. The van der Waals surface area contributed by atoms with Crippen molar-refractivity contribution < 1.29 is 9.21 Å². The quantitative estimate of drug-likeness (QED) is 0.635. The number of tetrazole rings is 1. The van der Waals surface area contributed by atoms with Crippen LogP contribution in [0.4, 0.5) is 5.95 Å². The maximum absolute atomic E-state index is 12.2. The number of rotatable bonds is 4. The molecule has 0 aliphatic carbocycles. The highest BCUT2D eigenvalue weighted by Crippen LogP contribution is 2.29. The number of nitrogens with one attached hydrogen (secondary N) is 2. The SMILES string of the molecule is CCn1nnc(NC(=S)NC(=O)c2ccc(-c3ccc(Cl)c(Cl)c3)o2)n1. The number of amides is 1. The third-order valence-electron chi connectivity index (χ3n) is 3.22. The van der Waals surface area contributed by atoms with Crippen LogP contribution in [-0.2, 0) is 6.54 Å². The van der Waals surface area contributed by atoms with Gasteiger partial charge in [-0.05, 0) is 54.7 Å². The van der Waals surface area contributed by atoms with Gasteiger partial charge in [-0.1, -0.05) is 28.3 Å². The Morgan fingerprint density at radius 3 is 2.77 bits per heavy atom. The Morgan fingerprint density at radius 2 is 2.08 bits per heavy atom. The van der Waals surface area contributed by atoms with Crippen LogP contribution in [0.15, 0.2) is 34.7 Å². The first kappa shape index (κ1) is 18.3. The Balaban J connectivity index is 1.65. The summed E-state index contributed by atoms with van der Waals surface area (Å²) in [7, 11) is 0. The van der Waals surface area contributed by atoms with Gasteiger partial charge in [0, 0.05) is 5.56 Å². The molecule has 1 amide bonds. The number of aromatic nitrogens is 4. The van der Waals surface area contributed by atoms with Gasteiger partial charge in [-0.15, -0.1) is 5.10 Å². The first-order chi connectivity index (χ1) is 12.5. The molecule has 3 aromatic rings. The zero-order chi connectivity index (χ0) is 18.7. The summed E-state index contributed by atoms with van der Waals surface area (Å²) in [4.78, 5) is 13.6. The molecule has 0 fully saturated rings. The third kappa shape index (κ3) is 4.18. The molecule has 1 aromatic carbocycles. The Labute approximate surface area is 163 Å². The van der Waals surface area contributed by atoms with Gasteiger partial charge in [0.15, 0.2) is 10.9 Å². The van der Waals surface area contributed by atoms with Crippen LogP contribution < -0.4 is 10.6 Å². The molecule has 11 heteroatoms. The lowest BCUT2D eigenvalue weighted by Gasteiger charge is -2.04. The van der Waals surface area contributed by atoms with Crippen molar-refractivity contribution in [2.75, 3.05) is 5.32 Å². The van der Waals surface area contributed by atoms with E-state index in [0.717, 1.165) is 0 Å². The standard InChI is InChI=1S/C15H12Cl2N6O2S/c1-2-23-21-14(20-22-23)19-15(26)18-13(24)12-6-5-11(25-12)8-3-4-9(16)10(17)7-8/h3-7H,2H2,1H3,(H2,18,19,21,24,26). The maximum Gasteiger partial charge on any atom is 0.293 e. The Morgan fingerprint density at radius 1 is 1.27 bits per heavy atom. The van der Waals surface area contributed by atoms with Crippen molar-refractivity contribution in [2.24, 2.45) is 0 Å². The second kappa shape index (κ2) is 7.81. The Hall–Kier alpha value is -2.49. The summed E-state index contributed by atoms with van der Waals surface area (Å²) in [6.45, 7) is 2.44. The molecule has 0 bridgehead atoms. The van der Waals surface area contributed by atoms with Crippen molar-refractivity contribution in [3.05, 3.63) is 46.1 Å². The number of thiocarbonyl (C=S) groups is 1. The summed E-state index contributed by atoms with van der Waals surface area (Å²) in [5.41, 5.74) is 0.694. The fourth-order valence-corrected chi connectivity index (χ4v) is 2.47. The molecular formula is C15H12Cl2N6O2S. The van der Waals surface area contributed by atoms with Gasteiger partial charge in [-0.3, -0.25) is 15.4 Å². The topological polar surface area (TPSA) is 97.9 Å². The van der Waals surface area contributed by atoms with Crippen LogP contribution >= 0.6 is 35.4 Å². The van der Waals surface area contributed by atoms with E-state index >= 15 is 0 Å². The highest BCUT2D eigenvalue weighted by Gasteiger charge is 2.15. The number of hydrogen-bond donors (Lipinski definition) is 2. The predicted octanol–water partition coefficient (Wildman–Crippen LogP) is 3.39. The molecule has 134 valence electrons. The first-order valence-electron chi connectivity index (χ1n) is 7.41. The molecule has 2 N–H and O–H groups in total. The molecule has 0 atom stereocenters. The van der Waals surface area contributed by atoms with E-state index in [4.69, 9.17) is 39.8 Å². The normalized spacial score (nSPS) is 10.6. The molecule has 2 heterocycles. The number of halogens is 2. The van der Waals surface area contributed by atoms with E-state index < -0.39 is 5.91 Å². The average Bonchev–Trinajstić information content (AvgIpc) is 3.26. The summed E-state index contributed by atoms with van der Waals surface area (Å²) >= 11 is 16.9. The molecule has 0 aliphatic rings. The fraction of sp³-hybridized carbons (Fsp3) is 0.133. The molecule has 0 spiro atoms. The summed E-state index contributed by atoms with van der Waals surface area (Å²) < 4.78 is 5.55. The summed E-state index contributed by atoms with van der Waals surface area (Å²) in [6, 6.07) is 8.22. The number of carbonyl (C=O) groups is 1. The molecule has 0 aliphatic heterocycles. The minimum Gasteiger partial charge on any atom is -0.451 e. The van der Waals surface area contributed by atoms with Crippen molar-refractivity contribution in [3.8, 4) is 11.3 Å². The highest BCUT2D eigenvalue weighted by atomic mass is 35.5. The van der Waals surface area contributed by atoms with Gasteiger partial charge in [0.25, 0.3) is 11.9 Å². The average molecular weight is 411 g/mol. The fourth-order valence-electron chi connectivity index (χ4n) is 1.99. The molecular weight excluding hydrogens is 399 g/mol. The second-order valence-corrected chi connectivity index (χ2v) is 6.23. The van der Waals surface area contributed by atoms with Gasteiger partial charge in [0.2, 0.25) is 0 Å². The zero-order valence-corrected chi connectivity index (χ0v) is 15.7. The van der Waals surface area contributed by atoms with E-state index in [9.17, 15) is 4.79 Å². The molecule has 0 saturated carbocycles. The van der Waals surface area contributed by atoms with Crippen LogP contribution in [-0.4, -0.2) is 31.2 Å². The van der Waals surface area contributed by atoms with Crippen molar-refractivity contribution in [2.45, 2.75) is 13.5 Å². The Bertz CT molecular complexity index is 971. The number of benzene rings is 1. The van der Waals surface area contributed by atoms with Gasteiger partial charge < -0.3 is 4.42 Å². The third-order valence-corrected chi connectivity index (χ3v) is 4.17. The Kier molecular flexibility index (Phi) is 5.50. The molecule has 2 aromatic heterocycles. The largest absolute Gasteiger partial charge is 0.451 e. The van der Waals surface area contributed by atoms with Crippen molar-refractivity contribution in [1.82, 2.24) is 25.5 Å². The lowest BCUT2D eigenvalue weighted by Crippen LogP contribution is -2.34. The summed E-state index contributed by atoms with van der Waals surface area (Å²) in [6.07, 6.45) is 0. The zero-order valence-electron chi connectivity index (χ0n) is 13.4. The van der Waals surface area contributed by atoms with Crippen LogP contribution in [0.2, 0.25) is 10.0 Å². The lowest BCUT2D eigenvalue weighted by atomic mass is 10.2. The monoisotopic (exact) mass is 410 g/mol. The van der Waals surface area contributed by atoms with Crippen molar-refractivity contribution in [3.63, 3.8) is 0 Å². The summed E-state index contributed by atoms with van der Waals surface area (Å²) in [5.74, 6) is 0.227. The van der Waals surface area contributed by atoms with E-state index in [0.29, 0.717) is 27.9 Å². The van der Waals surface area contributed by atoms with E-state index in [1.165, 1.54) is 10.9 Å². The maximum atomic E-state index is 12.2. The number of nitrogens with zero attached hydrogens (tertiary/aromatic N) is 4. The van der Waals surface area contributed by atoms with Crippen molar-refractivity contribution in [1.29, 1.82) is 0 Å². The lowest BCUT2D eigenvalue weighted by molar-refractivity contribution is 0.0951. The van der Waals surface area contributed by atoms with Gasteiger partial charge >= 0.3 is 0 Å². The number of hydrogen-bond acceptors (Lipinski definition) is 6. The van der Waals surface area contributed by atoms with Crippen LogP contribution in [0, 0.1) is 0 Å². The van der Waals surface area contributed by atoms with E-state index in [1.54, 1.807) is 24.3 Å². The summed E-state index contributed by atoms with van der Waals surface area (Å²) in [5, 5.41) is 17.5. The molecule has 3 rings (SSSR count). The van der Waals surface area contributed by atoms with Gasteiger partial charge in [-0.25, -0.2) is 0 Å². The number of aryl methyl sites for hydroxylation is 1. The van der Waals surface area contributed by atoms with Gasteiger partial charge in [0.05, 0.1) is 16.6 Å². The first-order valence-corrected chi connectivity index (χ1v) is 8.58. The van der Waals surface area contributed by atoms with E-state index in [-0.39, 0.29) is 16.8 Å². The van der Waals surface area contributed by atoms with Crippen LogP contribution in [0.5, 0.6) is 0 Å². The minimum atomic E-state index is -0.517. The highest BCUT2D eigenvalue weighted by molar-refractivity contribution is 7.80. The second-order valence-electron chi connectivity index (χ2n) is 5.00. The van der Waals surface area contributed by atoms with Crippen LogP contribution in [0.25, 0.3) is 11.3 Å². The smallest absolute Gasteiger partial charge is 0.293 e. The minimum absolute atomic E-state index is 0.0261. The molecule has 26 heavy (non-hydrogen) atoms. The van der Waals surface area contributed by atoms with E-state index in [2.05, 4.69) is 26.0 Å². The van der Waals surface area contributed by atoms with Gasteiger partial charge in [0.1, 0.15) is 5.76 Å². The molecule has 0 unspecified atom stereocenters. The molecule has 0 radical (unpaired) electrons. The van der Waals surface area contributed by atoms with Gasteiger partial charge in [-0.2, -0.15) is 4.80 Å². The number of anilines is 1. The molecule has 0 saturated heterocycles.